The molecular weight excluding hydrogens is 418 g/mol. The van der Waals surface area contributed by atoms with E-state index in [2.05, 4.69) is 20.6 Å². The average Bonchev–Trinajstić information content (AvgIpc) is 3.09. The van der Waals surface area contributed by atoms with E-state index in [9.17, 15) is 4.21 Å². The number of nitrogens with zero attached hydrogens (tertiary/aromatic N) is 4. The Morgan fingerprint density at radius 3 is 3.00 bits per heavy atom. The molecule has 0 radical (unpaired) electrons. The summed E-state index contributed by atoms with van der Waals surface area (Å²) in [5, 5.41) is 9.34. The van der Waals surface area contributed by atoms with E-state index in [1.807, 2.05) is 6.33 Å². The zero-order valence-electron chi connectivity index (χ0n) is 17.3. The van der Waals surface area contributed by atoms with Crippen LogP contribution in [0.15, 0.2) is 17.3 Å². The molecule has 160 valence electrons. The summed E-state index contributed by atoms with van der Waals surface area (Å²) in [7, 11) is -2.94. The second-order valence-electron chi connectivity index (χ2n) is 9.81. The van der Waals surface area contributed by atoms with Crippen molar-refractivity contribution in [3.05, 3.63) is 17.5 Å². The molecule has 3 aliphatic carbocycles. The van der Waals surface area contributed by atoms with Crippen LogP contribution in [-0.2, 0) is 9.73 Å². The lowest BCUT2D eigenvalue weighted by Gasteiger charge is -2.61. The van der Waals surface area contributed by atoms with Gasteiger partial charge < -0.3 is 4.57 Å². The highest BCUT2D eigenvalue weighted by Crippen LogP contribution is 2.65. The highest BCUT2D eigenvalue weighted by Gasteiger charge is 2.55. The van der Waals surface area contributed by atoms with E-state index < -0.39 is 9.73 Å². The number of fused-ring (bicyclic) bond motifs is 2. The Morgan fingerprint density at radius 1 is 1.40 bits per heavy atom. The fraction of sp³-hybridized carbons (Fsp3) is 0.682. The molecule has 30 heavy (non-hydrogen) atoms. The van der Waals surface area contributed by atoms with Gasteiger partial charge in [-0.3, -0.25) is 0 Å². The molecular formula is C22H28ClN5OS. The number of imidazole rings is 1. The molecule has 0 saturated heterocycles. The van der Waals surface area contributed by atoms with E-state index in [1.165, 1.54) is 44.4 Å². The maximum Gasteiger partial charge on any atom is 0.163 e. The predicted molar refractivity (Wildman–Crippen MR) is 117 cm³/mol. The van der Waals surface area contributed by atoms with Crippen LogP contribution >= 0.6 is 11.6 Å². The van der Waals surface area contributed by atoms with Gasteiger partial charge in [0.25, 0.3) is 0 Å². The number of rotatable bonds is 4. The maximum absolute atomic E-state index is 12.4. The molecule has 0 spiro atoms. The van der Waals surface area contributed by atoms with Crippen LogP contribution in [-0.4, -0.2) is 25.0 Å². The first-order valence-corrected chi connectivity index (χ1v) is 13.3. The van der Waals surface area contributed by atoms with E-state index in [0.29, 0.717) is 39.9 Å². The first-order chi connectivity index (χ1) is 14.3. The minimum absolute atomic E-state index is 0.269. The van der Waals surface area contributed by atoms with Gasteiger partial charge >= 0.3 is 0 Å². The Hall–Kier alpha value is -1.65. The number of halogens is 1. The number of aromatic nitrogens is 3. The quantitative estimate of drug-likeness (QED) is 0.622. The van der Waals surface area contributed by atoms with Gasteiger partial charge in [-0.15, -0.1) is 0 Å². The predicted octanol–water partition coefficient (Wildman–Crippen LogP) is 5.57. The van der Waals surface area contributed by atoms with Crippen LogP contribution in [0.2, 0.25) is 5.15 Å². The molecule has 3 aliphatic rings. The molecule has 0 amide bonds. The van der Waals surface area contributed by atoms with Crippen molar-refractivity contribution in [2.45, 2.75) is 68.7 Å². The summed E-state index contributed by atoms with van der Waals surface area (Å²) in [5.41, 5.74) is 1.66. The van der Waals surface area contributed by atoms with Crippen LogP contribution in [0, 0.1) is 39.3 Å². The molecule has 6 nitrogen and oxygen atoms in total. The second-order valence-corrected chi connectivity index (χ2v) is 12.3. The normalized spacial score (nSPS) is 35.0. The van der Waals surface area contributed by atoms with Gasteiger partial charge in [0.15, 0.2) is 5.65 Å². The van der Waals surface area contributed by atoms with Crippen LogP contribution in [0.1, 0.15) is 63.8 Å². The van der Waals surface area contributed by atoms with E-state index >= 15 is 0 Å². The van der Waals surface area contributed by atoms with E-state index in [4.69, 9.17) is 21.6 Å². The van der Waals surface area contributed by atoms with Crippen molar-refractivity contribution < 1.29 is 4.21 Å². The van der Waals surface area contributed by atoms with Crippen molar-refractivity contribution in [3.63, 3.8) is 0 Å². The number of hydrogen-bond acceptors (Lipinski definition) is 5. The summed E-state index contributed by atoms with van der Waals surface area (Å²) >= 11 is 6.24. The Balaban J connectivity index is 1.44. The number of pyridine rings is 1. The third kappa shape index (κ3) is 3.23. The van der Waals surface area contributed by atoms with Crippen LogP contribution in [0.4, 0.5) is 0 Å². The molecule has 5 unspecified atom stereocenters. The molecule has 0 aliphatic heterocycles. The van der Waals surface area contributed by atoms with Crippen molar-refractivity contribution in [1.29, 1.82) is 10.0 Å². The van der Waals surface area contributed by atoms with Crippen LogP contribution in [0.5, 0.6) is 0 Å². The van der Waals surface area contributed by atoms with Gasteiger partial charge in [0.05, 0.1) is 27.0 Å². The highest BCUT2D eigenvalue weighted by molar-refractivity contribution is 7.92. The summed E-state index contributed by atoms with van der Waals surface area (Å²) in [5.74, 6) is 2.28. The Labute approximate surface area is 183 Å². The first-order valence-electron chi connectivity index (χ1n) is 10.9. The van der Waals surface area contributed by atoms with Gasteiger partial charge in [-0.25, -0.2) is 19.0 Å². The lowest BCUT2D eigenvalue weighted by atomic mass is 9.44. The van der Waals surface area contributed by atoms with Gasteiger partial charge in [0, 0.05) is 18.7 Å². The molecule has 8 heteroatoms. The molecule has 1 N–H and O–H groups in total. The van der Waals surface area contributed by atoms with Gasteiger partial charge in [-0.05, 0) is 80.6 Å². The minimum atomic E-state index is -2.94. The third-order valence-corrected chi connectivity index (χ3v) is 9.49. The number of nitriles is 1. The summed E-state index contributed by atoms with van der Waals surface area (Å²) in [6.45, 7) is 0. The highest BCUT2D eigenvalue weighted by atomic mass is 35.5. The van der Waals surface area contributed by atoms with E-state index in [-0.39, 0.29) is 5.15 Å². The lowest BCUT2D eigenvalue weighted by molar-refractivity contribution is -0.113. The Morgan fingerprint density at radius 2 is 2.23 bits per heavy atom. The van der Waals surface area contributed by atoms with Crippen molar-refractivity contribution >= 4 is 32.5 Å². The fourth-order valence-corrected chi connectivity index (χ4v) is 7.87. The molecule has 5 rings (SSSR count). The molecule has 6 atom stereocenters. The summed E-state index contributed by atoms with van der Waals surface area (Å²) in [4.78, 5) is 9.42. The molecule has 2 aromatic heterocycles. The molecule has 3 fully saturated rings. The smallest absolute Gasteiger partial charge is 0.163 e. The molecule has 2 heterocycles. The van der Waals surface area contributed by atoms with Gasteiger partial charge in [-0.2, -0.15) is 5.26 Å². The van der Waals surface area contributed by atoms with Crippen molar-refractivity contribution in [2.24, 2.45) is 23.2 Å². The van der Waals surface area contributed by atoms with Crippen molar-refractivity contribution in [1.82, 2.24) is 14.5 Å². The minimum Gasteiger partial charge on any atom is -0.312 e. The van der Waals surface area contributed by atoms with Gasteiger partial charge in [0.2, 0.25) is 0 Å². The number of hydrogen-bond donors (Lipinski definition) is 1. The lowest BCUT2D eigenvalue weighted by Crippen LogP contribution is -2.52. The SMILES string of the molecule is CS(=N)(=O)c1cc(Cl)nc2c1ncn2[C@H]1CCC2CC3(CCC#N)CCC(CC23)C1. The largest absolute Gasteiger partial charge is 0.312 e. The third-order valence-electron chi connectivity index (χ3n) is 8.15. The van der Waals surface area contributed by atoms with Gasteiger partial charge in [0.1, 0.15) is 10.7 Å². The van der Waals surface area contributed by atoms with Crippen molar-refractivity contribution in [3.8, 4) is 6.07 Å². The van der Waals surface area contributed by atoms with Crippen LogP contribution < -0.4 is 0 Å². The van der Waals surface area contributed by atoms with E-state index in [1.54, 1.807) is 0 Å². The molecule has 3 saturated carbocycles. The first kappa shape index (κ1) is 20.3. The monoisotopic (exact) mass is 445 g/mol. The molecule has 2 aromatic rings. The fourth-order valence-electron chi connectivity index (χ4n) is 6.76. The molecule has 2 bridgehead atoms. The number of nitrogens with one attached hydrogen (secondary N) is 1. The Bertz CT molecular complexity index is 1130. The zero-order valence-corrected chi connectivity index (χ0v) is 18.9. The van der Waals surface area contributed by atoms with E-state index in [0.717, 1.165) is 31.1 Å². The average molecular weight is 446 g/mol. The summed E-state index contributed by atoms with van der Waals surface area (Å²) in [6.07, 6.45) is 13.5. The maximum atomic E-state index is 12.4. The Kier molecular flexibility index (Phi) is 4.86. The van der Waals surface area contributed by atoms with Crippen LogP contribution in [0.25, 0.3) is 11.2 Å². The van der Waals surface area contributed by atoms with Crippen LogP contribution in [0.3, 0.4) is 0 Å². The second kappa shape index (κ2) is 7.20. The standard InChI is InChI=1S/C22H28ClN5OS/c1-30(25,29)18-11-19(23)27-21-20(18)26-13-28(21)16-4-3-15-12-22(6-2-8-24)7-5-14(9-16)10-17(15)22/h11,13-17,25H,2-7,9-10,12H2,1H3/t14?,15?,16-,17?,22?,30?/m0/s1. The molecule has 0 aromatic carbocycles. The van der Waals surface area contributed by atoms with Gasteiger partial charge in [-0.1, -0.05) is 11.6 Å². The topological polar surface area (TPSA) is 95.4 Å². The zero-order chi connectivity index (χ0) is 21.1. The summed E-state index contributed by atoms with van der Waals surface area (Å²) in [6, 6.07) is 4.20. The van der Waals surface area contributed by atoms with Crippen molar-refractivity contribution in [2.75, 3.05) is 6.26 Å². The summed E-state index contributed by atoms with van der Waals surface area (Å²) < 4.78 is 22.6.